The molecule has 0 aliphatic carbocycles. The lowest BCUT2D eigenvalue weighted by Gasteiger charge is -2.09. The second-order valence-electron chi connectivity index (χ2n) is 9.06. The van der Waals surface area contributed by atoms with E-state index in [-0.39, 0.29) is 44.9 Å². The minimum absolute atomic E-state index is 0.00873. The van der Waals surface area contributed by atoms with Crippen molar-refractivity contribution in [1.82, 2.24) is 0 Å². The molecule has 0 amide bonds. The van der Waals surface area contributed by atoms with Crippen molar-refractivity contribution in [2.45, 2.75) is 0 Å². The summed E-state index contributed by atoms with van der Waals surface area (Å²) in [5.41, 5.74) is 0.698. The van der Waals surface area contributed by atoms with Crippen LogP contribution in [0.2, 0.25) is 0 Å². The van der Waals surface area contributed by atoms with Crippen LogP contribution in [0.5, 0.6) is 0 Å². The molecule has 0 atom stereocenters. The van der Waals surface area contributed by atoms with E-state index in [1.54, 1.807) is 121 Å². The summed E-state index contributed by atoms with van der Waals surface area (Å²) in [6.07, 6.45) is 0. The second-order valence-corrected chi connectivity index (χ2v) is 9.06. The van der Waals surface area contributed by atoms with E-state index in [1.165, 1.54) is 0 Å². The van der Waals surface area contributed by atoms with Gasteiger partial charge in [-0.2, -0.15) is 0 Å². The van der Waals surface area contributed by atoms with Gasteiger partial charge in [0.25, 0.3) is 0 Å². The molecule has 0 bridgehead atoms. The summed E-state index contributed by atoms with van der Waals surface area (Å²) >= 11 is 0. The highest BCUT2D eigenvalue weighted by Crippen LogP contribution is 2.44. The molecule has 4 aromatic rings. The number of ether oxygens (including phenoxy) is 2. The van der Waals surface area contributed by atoms with E-state index in [0.29, 0.717) is 11.1 Å². The third kappa shape index (κ3) is 4.27. The van der Waals surface area contributed by atoms with E-state index >= 15 is 0 Å². The molecule has 2 heterocycles. The van der Waals surface area contributed by atoms with Gasteiger partial charge in [-0.25, -0.2) is 9.59 Å². The van der Waals surface area contributed by atoms with Crippen LogP contribution in [-0.4, -0.2) is 23.5 Å². The molecule has 0 spiro atoms. The number of rotatable bonds is 6. The fraction of sp³-hybridized carbons (Fsp3) is 0. The highest BCUT2D eigenvalue weighted by Gasteiger charge is 2.46. The molecule has 4 aromatic carbocycles. The van der Waals surface area contributed by atoms with Crippen LogP contribution in [0.3, 0.4) is 0 Å². The molecule has 0 unspecified atom stereocenters. The first-order chi connectivity index (χ1) is 19.5. The molecule has 192 valence electrons. The highest BCUT2D eigenvalue weighted by molar-refractivity contribution is 6.32. The van der Waals surface area contributed by atoms with E-state index in [0.717, 1.165) is 0 Å². The predicted octanol–water partition coefficient (Wildman–Crippen LogP) is 5.99. The summed E-state index contributed by atoms with van der Waals surface area (Å²) in [5.74, 6) is -2.88. The Kier molecular flexibility index (Phi) is 6.34. The lowest BCUT2D eigenvalue weighted by atomic mass is 9.86. The third-order valence-electron chi connectivity index (χ3n) is 6.60. The van der Waals surface area contributed by atoms with Crippen molar-refractivity contribution in [2.24, 2.45) is 0 Å². The average molecular weight is 525 g/mol. The van der Waals surface area contributed by atoms with Crippen molar-refractivity contribution >= 4 is 35.0 Å². The number of esters is 2. The monoisotopic (exact) mass is 524 g/mol. The summed E-state index contributed by atoms with van der Waals surface area (Å²) in [6.45, 7) is 0. The fourth-order valence-electron chi connectivity index (χ4n) is 4.76. The van der Waals surface area contributed by atoms with Crippen LogP contribution in [0.1, 0.15) is 31.8 Å². The van der Waals surface area contributed by atoms with Gasteiger partial charge in [0, 0.05) is 22.3 Å². The van der Waals surface area contributed by atoms with E-state index in [9.17, 15) is 19.2 Å². The molecule has 2 aliphatic rings. The first-order valence-electron chi connectivity index (χ1n) is 12.5. The largest absolute Gasteiger partial charge is 0.421 e. The molecule has 0 N–H and O–H groups in total. The van der Waals surface area contributed by atoms with E-state index in [2.05, 4.69) is 0 Å². The Morgan fingerprint density at radius 2 is 0.725 bits per heavy atom. The molecule has 6 rings (SSSR count). The van der Waals surface area contributed by atoms with Crippen LogP contribution in [0.4, 0.5) is 0 Å². The standard InChI is InChI=1S/C34H20O6/c35-29(21-13-5-1-6-14-21)27-25(33(37)39-31(27)23-17-9-3-10-18-23)26-28(30(36)22-15-7-2-8-16-22)32(40-34(26)38)24-19-11-4-12-20-24/h1-20H/b26-25+. The summed E-state index contributed by atoms with van der Waals surface area (Å²) in [6, 6.07) is 34.1. The number of carbonyl (C=O) groups excluding carboxylic acids is 4. The van der Waals surface area contributed by atoms with Gasteiger partial charge in [0.1, 0.15) is 0 Å². The maximum Gasteiger partial charge on any atom is 0.345 e. The molecule has 40 heavy (non-hydrogen) atoms. The van der Waals surface area contributed by atoms with Gasteiger partial charge in [-0.15, -0.1) is 0 Å². The van der Waals surface area contributed by atoms with Crippen molar-refractivity contribution < 1.29 is 28.7 Å². The first-order valence-corrected chi connectivity index (χ1v) is 12.5. The normalized spacial score (nSPS) is 16.7. The number of Topliss-reactive ketones (excluding diaryl/α,β-unsaturated/α-hetero) is 2. The fourth-order valence-corrected chi connectivity index (χ4v) is 4.76. The minimum atomic E-state index is -0.919. The number of benzene rings is 4. The smallest absolute Gasteiger partial charge is 0.345 e. The number of ketones is 2. The van der Waals surface area contributed by atoms with Crippen molar-refractivity contribution in [1.29, 1.82) is 0 Å². The molecular formula is C34H20O6. The summed E-state index contributed by atoms with van der Waals surface area (Å²) in [4.78, 5) is 55.1. The van der Waals surface area contributed by atoms with Crippen molar-refractivity contribution in [3.63, 3.8) is 0 Å². The molecule has 0 saturated heterocycles. The Balaban J connectivity index is 1.66. The molecule has 6 heteroatoms. The third-order valence-corrected chi connectivity index (χ3v) is 6.60. The maximum absolute atomic E-state index is 14.0. The Labute approximate surface area is 229 Å². The zero-order chi connectivity index (χ0) is 27.6. The van der Waals surface area contributed by atoms with Crippen LogP contribution in [0, 0.1) is 0 Å². The van der Waals surface area contributed by atoms with Gasteiger partial charge in [-0.1, -0.05) is 121 Å². The summed E-state index contributed by atoms with van der Waals surface area (Å²) in [7, 11) is 0. The van der Waals surface area contributed by atoms with Crippen LogP contribution in [-0.2, 0) is 19.1 Å². The predicted molar refractivity (Wildman–Crippen MR) is 147 cm³/mol. The SMILES string of the molecule is O=C1OC(c2ccccc2)=C(C(=O)c2ccccc2)/C1=C1\C(=O)OC(c2ccccc2)=C1C(=O)c1ccccc1. The van der Waals surface area contributed by atoms with Crippen LogP contribution in [0.15, 0.2) is 144 Å². The van der Waals surface area contributed by atoms with Crippen LogP contribution < -0.4 is 0 Å². The molecule has 0 fully saturated rings. The zero-order valence-electron chi connectivity index (χ0n) is 21.0. The Bertz CT molecular complexity index is 1630. The average Bonchev–Trinajstić information content (AvgIpc) is 3.54. The lowest BCUT2D eigenvalue weighted by Crippen LogP contribution is -2.16. The lowest BCUT2D eigenvalue weighted by molar-refractivity contribution is -0.133. The van der Waals surface area contributed by atoms with E-state index in [1.807, 2.05) is 0 Å². The van der Waals surface area contributed by atoms with E-state index in [4.69, 9.17) is 9.47 Å². The van der Waals surface area contributed by atoms with E-state index < -0.39 is 23.5 Å². The minimum Gasteiger partial charge on any atom is -0.421 e. The first kappa shape index (κ1) is 24.7. The van der Waals surface area contributed by atoms with Crippen LogP contribution >= 0.6 is 0 Å². The molecule has 0 saturated carbocycles. The number of carbonyl (C=O) groups is 4. The van der Waals surface area contributed by atoms with Gasteiger partial charge in [0.15, 0.2) is 23.1 Å². The van der Waals surface area contributed by atoms with Gasteiger partial charge >= 0.3 is 11.9 Å². The molecule has 0 aromatic heterocycles. The summed E-state index contributed by atoms with van der Waals surface area (Å²) < 4.78 is 11.3. The quantitative estimate of drug-likeness (QED) is 0.175. The topological polar surface area (TPSA) is 86.7 Å². The molecule has 0 radical (unpaired) electrons. The Morgan fingerprint density at radius 3 is 1.05 bits per heavy atom. The van der Waals surface area contributed by atoms with Gasteiger partial charge < -0.3 is 9.47 Å². The van der Waals surface area contributed by atoms with Crippen molar-refractivity contribution in [3.05, 3.63) is 166 Å². The molecule has 2 aliphatic heterocycles. The Hall–Kier alpha value is -5.62. The van der Waals surface area contributed by atoms with Gasteiger partial charge in [-0.3, -0.25) is 9.59 Å². The van der Waals surface area contributed by atoms with Crippen molar-refractivity contribution in [2.75, 3.05) is 0 Å². The highest BCUT2D eigenvalue weighted by atomic mass is 16.6. The van der Waals surface area contributed by atoms with Gasteiger partial charge in [0.05, 0.1) is 22.3 Å². The van der Waals surface area contributed by atoms with Gasteiger partial charge in [-0.05, 0) is 0 Å². The van der Waals surface area contributed by atoms with Gasteiger partial charge in [0.2, 0.25) is 0 Å². The van der Waals surface area contributed by atoms with Crippen molar-refractivity contribution in [3.8, 4) is 0 Å². The second kappa shape index (κ2) is 10.3. The number of hydrogen-bond acceptors (Lipinski definition) is 6. The van der Waals surface area contributed by atoms with Crippen LogP contribution in [0.25, 0.3) is 11.5 Å². The molecular weight excluding hydrogens is 504 g/mol. The number of cyclic esters (lactones) is 2. The molecule has 6 nitrogen and oxygen atoms in total. The Morgan fingerprint density at radius 1 is 0.425 bits per heavy atom. The maximum atomic E-state index is 14.0. The zero-order valence-corrected chi connectivity index (χ0v) is 21.0. The summed E-state index contributed by atoms with van der Waals surface area (Å²) in [5, 5.41) is 0. The number of hydrogen-bond donors (Lipinski definition) is 0.